The average molecular weight is 487 g/mol. The first-order chi connectivity index (χ1) is 16.7. The smallest absolute Gasteiger partial charge is 0.314 e. The quantitative estimate of drug-likeness (QED) is 0.473. The molecule has 11 heteroatoms. The van der Waals surface area contributed by atoms with Crippen LogP contribution in [-0.4, -0.2) is 50.7 Å². The number of aromatic nitrogens is 3. The van der Waals surface area contributed by atoms with Gasteiger partial charge in [0.1, 0.15) is 0 Å². The van der Waals surface area contributed by atoms with Gasteiger partial charge in [-0.25, -0.2) is 4.39 Å². The molecular formula is C24H24F3N5O3. The van der Waals surface area contributed by atoms with Gasteiger partial charge in [0, 0.05) is 18.3 Å². The maximum atomic E-state index is 15.5. The Morgan fingerprint density at radius 2 is 1.83 bits per heavy atom. The summed E-state index contributed by atoms with van der Waals surface area (Å²) in [5, 5.41) is 6.87. The van der Waals surface area contributed by atoms with E-state index < -0.39 is 23.9 Å². The van der Waals surface area contributed by atoms with Gasteiger partial charge in [0.15, 0.2) is 0 Å². The summed E-state index contributed by atoms with van der Waals surface area (Å²) >= 11 is 0. The number of halogens is 3. The summed E-state index contributed by atoms with van der Waals surface area (Å²) in [6.07, 6.45) is -1.24. The molecule has 0 aliphatic carbocycles. The Labute approximate surface area is 199 Å². The number of pyridine rings is 1. The van der Waals surface area contributed by atoms with Crippen LogP contribution in [0.5, 0.6) is 0 Å². The van der Waals surface area contributed by atoms with Crippen molar-refractivity contribution in [3.63, 3.8) is 0 Å². The minimum absolute atomic E-state index is 0.0408. The largest absolute Gasteiger partial charge is 0.415 e. The molecule has 1 fully saturated rings. The zero-order chi connectivity index (χ0) is 25.2. The van der Waals surface area contributed by atoms with Crippen molar-refractivity contribution in [3.8, 4) is 11.5 Å². The van der Waals surface area contributed by atoms with E-state index in [1.807, 2.05) is 13.8 Å². The van der Waals surface area contributed by atoms with E-state index in [4.69, 9.17) is 4.42 Å². The topological polar surface area (TPSA) is 92.4 Å². The van der Waals surface area contributed by atoms with Crippen molar-refractivity contribution in [1.82, 2.24) is 20.1 Å². The molecule has 0 radical (unpaired) electrons. The van der Waals surface area contributed by atoms with Gasteiger partial charge in [0.05, 0.1) is 30.9 Å². The number of anilines is 1. The van der Waals surface area contributed by atoms with Gasteiger partial charge in [-0.1, -0.05) is 32.0 Å². The van der Waals surface area contributed by atoms with E-state index in [1.54, 1.807) is 42.5 Å². The lowest BCUT2D eigenvalue weighted by Gasteiger charge is -2.45. The summed E-state index contributed by atoms with van der Waals surface area (Å²) in [6, 6.07) is 11.7. The number of para-hydroxylation sites is 1. The normalized spacial score (nSPS) is 14.8. The zero-order valence-electron chi connectivity index (χ0n) is 19.2. The van der Waals surface area contributed by atoms with Gasteiger partial charge in [-0.15, -0.1) is 10.2 Å². The number of hydrogen-bond acceptors (Lipinski definition) is 6. The van der Waals surface area contributed by atoms with Gasteiger partial charge in [-0.2, -0.15) is 8.78 Å². The van der Waals surface area contributed by atoms with Crippen LogP contribution < -0.4 is 4.90 Å². The molecule has 0 N–H and O–H groups in total. The fraction of sp³-hybridized carbons (Fsp3) is 0.375. The molecule has 0 atom stereocenters. The number of likely N-dealkylation sites (tertiary alicyclic amines) is 1. The summed E-state index contributed by atoms with van der Waals surface area (Å²) in [6.45, 7) is 3.17. The second-order valence-electron chi connectivity index (χ2n) is 8.82. The summed E-state index contributed by atoms with van der Waals surface area (Å²) in [5.41, 5.74) is -0.968. The second kappa shape index (κ2) is 9.85. The predicted molar refractivity (Wildman–Crippen MR) is 120 cm³/mol. The molecule has 3 heterocycles. The van der Waals surface area contributed by atoms with Crippen molar-refractivity contribution in [3.05, 3.63) is 60.2 Å². The Morgan fingerprint density at radius 3 is 2.40 bits per heavy atom. The van der Waals surface area contributed by atoms with Crippen molar-refractivity contribution in [2.45, 2.75) is 38.9 Å². The van der Waals surface area contributed by atoms with E-state index in [0.717, 1.165) is 0 Å². The van der Waals surface area contributed by atoms with Gasteiger partial charge in [-0.3, -0.25) is 14.6 Å². The molecule has 35 heavy (non-hydrogen) atoms. The first kappa shape index (κ1) is 24.4. The highest BCUT2D eigenvalue weighted by Crippen LogP contribution is 2.32. The highest BCUT2D eigenvalue weighted by atomic mass is 19.3. The first-order valence-electron chi connectivity index (χ1n) is 11.1. The number of benzene rings is 1. The Hall–Kier alpha value is -3.76. The van der Waals surface area contributed by atoms with Crippen LogP contribution in [-0.2, 0) is 16.1 Å². The number of rotatable bonds is 8. The van der Waals surface area contributed by atoms with Crippen LogP contribution in [0.25, 0.3) is 11.5 Å². The molecule has 2 aromatic heterocycles. The molecule has 0 bridgehead atoms. The molecule has 1 aliphatic rings. The summed E-state index contributed by atoms with van der Waals surface area (Å²) in [7, 11) is 0. The number of carbonyl (C=O) groups excluding carboxylic acids is 2. The van der Waals surface area contributed by atoms with Gasteiger partial charge in [0.2, 0.25) is 17.5 Å². The Morgan fingerprint density at radius 1 is 1.11 bits per heavy atom. The van der Waals surface area contributed by atoms with E-state index in [2.05, 4.69) is 15.2 Å². The van der Waals surface area contributed by atoms with Crippen molar-refractivity contribution >= 4 is 17.5 Å². The Bertz CT molecular complexity index is 1180. The third-order valence-corrected chi connectivity index (χ3v) is 5.53. The number of carbonyl (C=O) groups is 2. The Balaban J connectivity index is 1.51. The maximum absolute atomic E-state index is 15.5. The van der Waals surface area contributed by atoms with Gasteiger partial charge in [0.25, 0.3) is 11.8 Å². The highest BCUT2D eigenvalue weighted by Gasteiger charge is 2.53. The van der Waals surface area contributed by atoms with Crippen LogP contribution in [0.3, 0.4) is 0 Å². The van der Waals surface area contributed by atoms with E-state index >= 15 is 4.39 Å². The van der Waals surface area contributed by atoms with Gasteiger partial charge >= 0.3 is 6.43 Å². The van der Waals surface area contributed by atoms with Crippen LogP contribution in [0.4, 0.5) is 18.9 Å². The van der Waals surface area contributed by atoms with Gasteiger partial charge in [-0.05, 0) is 30.2 Å². The van der Waals surface area contributed by atoms with Crippen molar-refractivity contribution in [2.24, 2.45) is 5.92 Å². The molecule has 3 aromatic rings. The lowest BCUT2D eigenvalue weighted by Crippen LogP contribution is -2.68. The molecule has 1 aliphatic heterocycles. The van der Waals surface area contributed by atoms with E-state index in [-0.39, 0.29) is 37.4 Å². The fourth-order valence-electron chi connectivity index (χ4n) is 3.72. The maximum Gasteiger partial charge on any atom is 0.314 e. The van der Waals surface area contributed by atoms with Crippen LogP contribution in [0, 0.1) is 5.92 Å². The van der Waals surface area contributed by atoms with Crippen LogP contribution in [0.2, 0.25) is 0 Å². The molecule has 184 valence electrons. The lowest BCUT2D eigenvalue weighted by atomic mass is 9.92. The van der Waals surface area contributed by atoms with Crippen LogP contribution >= 0.6 is 0 Å². The van der Waals surface area contributed by atoms with Crippen molar-refractivity contribution < 1.29 is 27.2 Å². The third-order valence-electron chi connectivity index (χ3n) is 5.53. The zero-order valence-corrected chi connectivity index (χ0v) is 19.2. The van der Waals surface area contributed by atoms with Crippen molar-refractivity contribution in [1.29, 1.82) is 0 Å². The molecule has 8 nitrogen and oxygen atoms in total. The van der Waals surface area contributed by atoms with Gasteiger partial charge < -0.3 is 14.2 Å². The third kappa shape index (κ3) is 5.33. The van der Waals surface area contributed by atoms with E-state index in [1.165, 1.54) is 16.0 Å². The predicted octanol–water partition coefficient (Wildman–Crippen LogP) is 4.20. The van der Waals surface area contributed by atoms with E-state index in [9.17, 15) is 18.4 Å². The van der Waals surface area contributed by atoms with Crippen LogP contribution in [0.15, 0.2) is 53.1 Å². The standard InChI is InChI=1S/C24H24F3N5O3/c1-15(2)10-19(33)31-13-24(27,14-31)23(34)32(18-6-4-3-5-7-18)12-17-9-8-16(11-28-17)21-29-30-22(35-21)20(25)26/h3-9,11,15,20H,10,12-14H2,1-2H3. The Kier molecular flexibility index (Phi) is 6.86. The molecule has 0 saturated carbocycles. The minimum Gasteiger partial charge on any atom is -0.415 e. The SMILES string of the molecule is CC(C)CC(=O)N1CC(F)(C(=O)N(Cc2ccc(-c3nnc(C(F)F)o3)cn2)c2ccccc2)C1. The summed E-state index contributed by atoms with van der Waals surface area (Å²) in [4.78, 5) is 32.4. The first-order valence-corrected chi connectivity index (χ1v) is 11.1. The average Bonchev–Trinajstić information content (AvgIpc) is 3.31. The number of hydrogen-bond donors (Lipinski definition) is 0. The van der Waals surface area contributed by atoms with Crippen LogP contribution in [0.1, 0.15) is 38.3 Å². The van der Waals surface area contributed by atoms with E-state index in [0.29, 0.717) is 23.4 Å². The molecule has 0 unspecified atom stereocenters. The number of amides is 2. The molecule has 1 aromatic carbocycles. The molecule has 2 amide bonds. The molecule has 4 rings (SSSR count). The monoisotopic (exact) mass is 487 g/mol. The molecule has 1 saturated heterocycles. The summed E-state index contributed by atoms with van der Waals surface area (Å²) < 4.78 is 45.9. The molecular weight excluding hydrogens is 463 g/mol. The lowest BCUT2D eigenvalue weighted by molar-refractivity contribution is -0.155. The highest BCUT2D eigenvalue weighted by molar-refractivity contribution is 6.01. The number of nitrogens with zero attached hydrogens (tertiary/aromatic N) is 5. The minimum atomic E-state index is -2.88. The fourth-order valence-corrected chi connectivity index (χ4v) is 3.72. The number of alkyl halides is 3. The molecule has 0 spiro atoms. The summed E-state index contributed by atoms with van der Waals surface area (Å²) in [5.74, 6) is -1.71. The van der Waals surface area contributed by atoms with Crippen molar-refractivity contribution in [2.75, 3.05) is 18.0 Å². The second-order valence-corrected chi connectivity index (χ2v) is 8.82.